The molecule has 3 aromatic rings. The Morgan fingerprint density at radius 1 is 1.10 bits per heavy atom. The number of aromatic nitrogens is 1. The molecule has 2 heterocycles. The van der Waals surface area contributed by atoms with Crippen LogP contribution in [0.2, 0.25) is 0 Å². The lowest BCUT2D eigenvalue weighted by Crippen LogP contribution is -2.40. The van der Waals surface area contributed by atoms with E-state index in [-0.39, 0.29) is 5.82 Å². The smallest absolute Gasteiger partial charge is 0.191 e. The van der Waals surface area contributed by atoms with Crippen molar-refractivity contribution in [3.05, 3.63) is 77.4 Å². The van der Waals surface area contributed by atoms with E-state index in [0.29, 0.717) is 23.8 Å². The molecule has 0 amide bonds. The van der Waals surface area contributed by atoms with Gasteiger partial charge in [-0.1, -0.05) is 61.5 Å². The summed E-state index contributed by atoms with van der Waals surface area (Å²) in [5, 5.41) is 4.24. The minimum absolute atomic E-state index is 0.251. The molecule has 2 aromatic carbocycles. The van der Waals surface area contributed by atoms with Crippen molar-refractivity contribution < 1.29 is 8.91 Å². The monoisotopic (exact) mass is 420 g/mol. The molecule has 2 N–H and O–H groups in total. The van der Waals surface area contributed by atoms with Crippen molar-refractivity contribution in [3.63, 3.8) is 0 Å². The predicted molar refractivity (Wildman–Crippen MR) is 121 cm³/mol. The van der Waals surface area contributed by atoms with E-state index in [4.69, 9.17) is 10.3 Å². The summed E-state index contributed by atoms with van der Waals surface area (Å²) in [4.78, 5) is 6.58. The molecule has 1 aromatic heterocycles. The topological polar surface area (TPSA) is 67.7 Å². The Morgan fingerprint density at radius 2 is 1.84 bits per heavy atom. The van der Waals surface area contributed by atoms with E-state index >= 15 is 0 Å². The fourth-order valence-corrected chi connectivity index (χ4v) is 3.97. The highest BCUT2D eigenvalue weighted by molar-refractivity contribution is 5.78. The zero-order chi connectivity index (χ0) is 21.8. The van der Waals surface area contributed by atoms with E-state index in [0.717, 1.165) is 42.8 Å². The van der Waals surface area contributed by atoms with Gasteiger partial charge in [-0.3, -0.25) is 0 Å². The highest BCUT2D eigenvalue weighted by Gasteiger charge is 2.28. The van der Waals surface area contributed by atoms with Gasteiger partial charge in [-0.05, 0) is 36.5 Å². The van der Waals surface area contributed by atoms with Crippen LogP contribution in [0.15, 0.2) is 64.1 Å². The Bertz CT molecular complexity index is 1050. The Balaban J connectivity index is 1.50. The SMILES string of the molecule is CC(C)(c1ccc(-c2ccccc2)c(F)c1)c1cc(C/N=C(\N)N2CCCCC2)on1. The van der Waals surface area contributed by atoms with E-state index < -0.39 is 5.41 Å². The van der Waals surface area contributed by atoms with Crippen molar-refractivity contribution in [2.45, 2.75) is 45.1 Å². The maximum atomic E-state index is 14.9. The first kappa shape index (κ1) is 21.1. The third kappa shape index (κ3) is 4.63. The Morgan fingerprint density at radius 3 is 2.55 bits per heavy atom. The van der Waals surface area contributed by atoms with Crippen LogP contribution in [0.3, 0.4) is 0 Å². The normalized spacial score (nSPS) is 15.3. The first-order valence-electron chi connectivity index (χ1n) is 10.8. The van der Waals surface area contributed by atoms with Crippen LogP contribution < -0.4 is 5.73 Å². The van der Waals surface area contributed by atoms with Crippen LogP contribution in [0.1, 0.15) is 50.1 Å². The number of halogens is 1. The summed E-state index contributed by atoms with van der Waals surface area (Å²) in [6, 6.07) is 16.8. The molecule has 6 heteroatoms. The quantitative estimate of drug-likeness (QED) is 0.460. The van der Waals surface area contributed by atoms with Crippen LogP contribution in [0.25, 0.3) is 11.1 Å². The number of nitrogens with zero attached hydrogens (tertiary/aromatic N) is 3. The van der Waals surface area contributed by atoms with Gasteiger partial charge in [0.25, 0.3) is 0 Å². The van der Waals surface area contributed by atoms with Crippen LogP contribution in [0, 0.1) is 5.82 Å². The number of aliphatic imine (C=N–C) groups is 1. The van der Waals surface area contributed by atoms with Gasteiger partial charge >= 0.3 is 0 Å². The van der Waals surface area contributed by atoms with E-state index in [9.17, 15) is 4.39 Å². The number of guanidine groups is 1. The zero-order valence-corrected chi connectivity index (χ0v) is 18.1. The van der Waals surface area contributed by atoms with Crippen LogP contribution in [-0.2, 0) is 12.0 Å². The Labute approximate surface area is 182 Å². The molecular weight excluding hydrogens is 391 g/mol. The van der Waals surface area contributed by atoms with Crippen molar-refractivity contribution >= 4 is 5.96 Å². The van der Waals surface area contributed by atoms with E-state index in [2.05, 4.69) is 15.0 Å². The number of hydrogen-bond donors (Lipinski definition) is 1. The van der Waals surface area contributed by atoms with Gasteiger partial charge in [0.1, 0.15) is 12.4 Å². The van der Waals surface area contributed by atoms with E-state index in [1.54, 1.807) is 6.07 Å². The molecule has 4 rings (SSSR count). The third-order valence-electron chi connectivity index (χ3n) is 6.05. The summed E-state index contributed by atoms with van der Waals surface area (Å²) >= 11 is 0. The molecule has 1 saturated heterocycles. The molecule has 162 valence electrons. The molecule has 5 nitrogen and oxygen atoms in total. The molecule has 0 aliphatic carbocycles. The molecule has 0 bridgehead atoms. The maximum absolute atomic E-state index is 14.9. The van der Waals surface area contributed by atoms with Crippen molar-refractivity contribution in [1.82, 2.24) is 10.1 Å². The summed E-state index contributed by atoms with van der Waals surface area (Å²) < 4.78 is 20.4. The minimum Gasteiger partial charge on any atom is -0.370 e. The molecule has 1 aliphatic rings. The molecule has 0 saturated carbocycles. The summed E-state index contributed by atoms with van der Waals surface area (Å²) in [5.41, 5.74) is 8.63. The number of piperidine rings is 1. The Hall–Kier alpha value is -3.15. The summed E-state index contributed by atoms with van der Waals surface area (Å²) in [6.45, 7) is 6.27. The number of hydrogen-bond acceptors (Lipinski definition) is 3. The van der Waals surface area contributed by atoms with Crippen molar-refractivity contribution in [2.75, 3.05) is 13.1 Å². The minimum atomic E-state index is -0.514. The van der Waals surface area contributed by atoms with Gasteiger partial charge in [0, 0.05) is 30.1 Å². The van der Waals surface area contributed by atoms with Crippen molar-refractivity contribution in [3.8, 4) is 11.1 Å². The predicted octanol–water partition coefficient (Wildman–Crippen LogP) is 5.11. The van der Waals surface area contributed by atoms with Crippen LogP contribution in [-0.4, -0.2) is 29.1 Å². The summed E-state index contributed by atoms with van der Waals surface area (Å²) in [6.07, 6.45) is 3.55. The fraction of sp³-hybridized carbons (Fsp3) is 0.360. The molecule has 0 atom stereocenters. The average Bonchev–Trinajstić information content (AvgIpc) is 3.28. The van der Waals surface area contributed by atoms with Crippen molar-refractivity contribution in [2.24, 2.45) is 10.7 Å². The first-order valence-corrected chi connectivity index (χ1v) is 10.8. The summed E-state index contributed by atoms with van der Waals surface area (Å²) in [7, 11) is 0. The molecule has 1 fully saturated rings. The van der Waals surface area contributed by atoms with Gasteiger partial charge in [-0.15, -0.1) is 0 Å². The second kappa shape index (κ2) is 8.92. The number of benzene rings is 2. The van der Waals surface area contributed by atoms with E-state index in [1.165, 1.54) is 6.42 Å². The molecule has 0 spiro atoms. The van der Waals surface area contributed by atoms with Crippen molar-refractivity contribution in [1.29, 1.82) is 0 Å². The van der Waals surface area contributed by atoms with Gasteiger partial charge < -0.3 is 15.2 Å². The number of rotatable bonds is 5. The second-order valence-corrected chi connectivity index (χ2v) is 8.59. The lowest BCUT2D eigenvalue weighted by atomic mass is 9.81. The molecule has 1 aliphatic heterocycles. The first-order chi connectivity index (χ1) is 14.9. The largest absolute Gasteiger partial charge is 0.370 e. The second-order valence-electron chi connectivity index (χ2n) is 8.59. The van der Waals surface area contributed by atoms with Crippen LogP contribution >= 0.6 is 0 Å². The zero-order valence-electron chi connectivity index (χ0n) is 18.1. The van der Waals surface area contributed by atoms with Gasteiger partial charge in [-0.2, -0.15) is 0 Å². The van der Waals surface area contributed by atoms with Gasteiger partial charge in [-0.25, -0.2) is 9.38 Å². The van der Waals surface area contributed by atoms with Crippen LogP contribution in [0.5, 0.6) is 0 Å². The molecular formula is C25H29FN4O. The highest BCUT2D eigenvalue weighted by atomic mass is 19.1. The van der Waals surface area contributed by atoms with Gasteiger partial charge in [0.2, 0.25) is 0 Å². The van der Waals surface area contributed by atoms with Crippen LogP contribution in [0.4, 0.5) is 4.39 Å². The fourth-order valence-electron chi connectivity index (χ4n) is 3.97. The lowest BCUT2D eigenvalue weighted by molar-refractivity contribution is 0.336. The Kier molecular flexibility index (Phi) is 6.07. The molecule has 31 heavy (non-hydrogen) atoms. The number of nitrogens with two attached hydrogens (primary N) is 1. The lowest BCUT2D eigenvalue weighted by Gasteiger charge is -2.27. The highest BCUT2D eigenvalue weighted by Crippen LogP contribution is 2.34. The third-order valence-corrected chi connectivity index (χ3v) is 6.05. The van der Waals surface area contributed by atoms with Gasteiger partial charge in [0.15, 0.2) is 11.7 Å². The molecule has 0 radical (unpaired) electrons. The van der Waals surface area contributed by atoms with Gasteiger partial charge in [0.05, 0.1) is 5.69 Å². The average molecular weight is 421 g/mol. The standard InChI is InChI=1S/C25H29FN4O/c1-25(2,19-11-12-21(22(26)15-19)18-9-5-3-6-10-18)23-16-20(31-29-23)17-28-24(27)30-13-7-4-8-14-30/h3,5-6,9-12,15-16H,4,7-8,13-14,17H2,1-2H3,(H2,27,28). The maximum Gasteiger partial charge on any atom is 0.191 e. The number of likely N-dealkylation sites (tertiary alicyclic amines) is 1. The molecule has 0 unspecified atom stereocenters. The summed E-state index contributed by atoms with van der Waals surface area (Å²) in [5.74, 6) is 0.944. The van der Waals surface area contributed by atoms with E-state index in [1.807, 2.05) is 62.4 Å².